The first kappa shape index (κ1) is 27.8. The van der Waals surface area contributed by atoms with Gasteiger partial charge in [-0.1, -0.05) is 65.9 Å². The first-order valence-corrected chi connectivity index (χ1v) is 14.0. The average Bonchev–Trinajstić information content (AvgIpc) is 3.31. The van der Waals surface area contributed by atoms with Gasteiger partial charge in [-0.3, -0.25) is 9.36 Å². The minimum absolute atomic E-state index is 0.173. The molecule has 0 saturated carbocycles. The van der Waals surface area contributed by atoms with E-state index in [0.29, 0.717) is 33.0 Å². The van der Waals surface area contributed by atoms with Gasteiger partial charge in [0, 0.05) is 5.56 Å². The summed E-state index contributed by atoms with van der Waals surface area (Å²) in [4.78, 5) is 44.7. The van der Waals surface area contributed by atoms with Gasteiger partial charge in [0.1, 0.15) is 5.75 Å². The van der Waals surface area contributed by atoms with Crippen LogP contribution in [0.25, 0.3) is 11.8 Å². The second-order valence-electron chi connectivity index (χ2n) is 9.05. The summed E-state index contributed by atoms with van der Waals surface area (Å²) in [6, 6.07) is 22.7. The maximum atomic E-state index is 14.0. The van der Waals surface area contributed by atoms with E-state index in [1.165, 1.54) is 18.4 Å². The van der Waals surface area contributed by atoms with Crippen LogP contribution >= 0.6 is 11.3 Å². The zero-order valence-corrected chi connectivity index (χ0v) is 23.6. The Labute approximate surface area is 240 Å². The fraction of sp³-hybridized carbons (Fsp3) is 0.188. The Bertz CT molecular complexity index is 1790. The Morgan fingerprint density at radius 2 is 1.63 bits per heavy atom. The summed E-state index contributed by atoms with van der Waals surface area (Å²) in [6.07, 6.45) is 1.75. The van der Waals surface area contributed by atoms with Gasteiger partial charge in [0.05, 0.1) is 47.7 Å². The molecular weight excluding hydrogens is 540 g/mol. The van der Waals surface area contributed by atoms with Gasteiger partial charge in [0.2, 0.25) is 0 Å². The molecule has 1 aliphatic heterocycles. The van der Waals surface area contributed by atoms with Crippen LogP contribution in [0, 0.1) is 0 Å². The Morgan fingerprint density at radius 3 is 2.27 bits per heavy atom. The van der Waals surface area contributed by atoms with Crippen molar-refractivity contribution in [2.45, 2.75) is 19.9 Å². The number of esters is 2. The molecule has 1 atom stereocenters. The molecule has 0 bridgehead atoms. The van der Waals surface area contributed by atoms with Gasteiger partial charge in [-0.25, -0.2) is 14.6 Å². The maximum absolute atomic E-state index is 14.0. The number of carbonyl (C=O) groups excluding carboxylic acids is 2. The highest BCUT2D eigenvalue weighted by Gasteiger charge is 2.35. The number of aromatic nitrogens is 1. The molecule has 9 heteroatoms. The van der Waals surface area contributed by atoms with Crippen LogP contribution in [-0.2, 0) is 14.3 Å². The van der Waals surface area contributed by atoms with E-state index in [4.69, 9.17) is 19.2 Å². The summed E-state index contributed by atoms with van der Waals surface area (Å²) in [5.74, 6) is -0.295. The molecule has 0 aliphatic carbocycles. The number of fused-ring (bicyclic) bond motifs is 1. The molecule has 1 aromatic heterocycles. The van der Waals surface area contributed by atoms with Crippen LogP contribution in [0.4, 0.5) is 0 Å². The van der Waals surface area contributed by atoms with E-state index in [1.54, 1.807) is 41.8 Å². The Kier molecular flexibility index (Phi) is 8.26. The van der Waals surface area contributed by atoms with Gasteiger partial charge in [0.25, 0.3) is 5.56 Å². The monoisotopic (exact) mass is 568 g/mol. The predicted octanol–water partition coefficient (Wildman–Crippen LogP) is 4.12. The van der Waals surface area contributed by atoms with E-state index in [0.717, 1.165) is 16.7 Å². The third kappa shape index (κ3) is 5.62. The van der Waals surface area contributed by atoms with Crippen molar-refractivity contribution in [1.29, 1.82) is 0 Å². The molecule has 5 rings (SSSR count). The third-order valence-corrected chi connectivity index (χ3v) is 7.49. The Morgan fingerprint density at radius 1 is 0.927 bits per heavy atom. The summed E-state index contributed by atoms with van der Waals surface area (Å²) in [6.45, 7) is 4.34. The zero-order valence-electron chi connectivity index (χ0n) is 22.8. The van der Waals surface area contributed by atoms with Crippen LogP contribution in [0.15, 0.2) is 94.2 Å². The topological polar surface area (TPSA) is 96.2 Å². The van der Waals surface area contributed by atoms with Crippen molar-refractivity contribution in [3.05, 3.63) is 126 Å². The van der Waals surface area contributed by atoms with Crippen LogP contribution in [-0.4, -0.2) is 36.8 Å². The van der Waals surface area contributed by atoms with Crippen LogP contribution in [0.5, 0.6) is 5.75 Å². The Hall–Kier alpha value is -4.76. The van der Waals surface area contributed by atoms with Crippen molar-refractivity contribution >= 4 is 35.0 Å². The molecule has 0 spiro atoms. The molecule has 1 aliphatic rings. The first-order chi connectivity index (χ1) is 19.9. The van der Waals surface area contributed by atoms with Gasteiger partial charge in [-0.2, -0.15) is 0 Å². The van der Waals surface area contributed by atoms with E-state index in [2.05, 4.69) is 0 Å². The molecule has 0 radical (unpaired) electrons. The largest absolute Gasteiger partial charge is 0.494 e. The van der Waals surface area contributed by atoms with Gasteiger partial charge < -0.3 is 14.2 Å². The van der Waals surface area contributed by atoms with Crippen LogP contribution in [0.2, 0.25) is 0 Å². The quantitative estimate of drug-likeness (QED) is 0.297. The molecule has 208 valence electrons. The van der Waals surface area contributed by atoms with Crippen LogP contribution in [0.3, 0.4) is 0 Å². The van der Waals surface area contributed by atoms with Crippen molar-refractivity contribution in [2.75, 3.05) is 20.3 Å². The fourth-order valence-corrected chi connectivity index (χ4v) is 5.65. The number of hydrogen-bond donors (Lipinski definition) is 0. The Balaban J connectivity index is 1.74. The maximum Gasteiger partial charge on any atom is 0.338 e. The molecule has 0 N–H and O–H groups in total. The molecule has 2 heterocycles. The molecular formula is C32H28N2O6S. The van der Waals surface area contributed by atoms with Crippen molar-refractivity contribution in [2.24, 2.45) is 4.99 Å². The third-order valence-electron chi connectivity index (χ3n) is 6.51. The number of methoxy groups -OCH3 is 1. The second kappa shape index (κ2) is 12.2. The number of benzene rings is 3. The zero-order chi connectivity index (χ0) is 28.9. The van der Waals surface area contributed by atoms with Crippen molar-refractivity contribution in [3.63, 3.8) is 0 Å². The highest BCUT2D eigenvalue weighted by atomic mass is 32.1. The molecule has 0 saturated heterocycles. The molecule has 0 unspecified atom stereocenters. The van der Waals surface area contributed by atoms with E-state index in [1.807, 2.05) is 61.5 Å². The van der Waals surface area contributed by atoms with E-state index in [-0.39, 0.29) is 17.7 Å². The second-order valence-corrected chi connectivity index (χ2v) is 10.1. The van der Waals surface area contributed by atoms with Gasteiger partial charge in [-0.15, -0.1) is 0 Å². The highest BCUT2D eigenvalue weighted by Crippen LogP contribution is 2.35. The van der Waals surface area contributed by atoms with Crippen molar-refractivity contribution in [3.8, 4) is 5.75 Å². The minimum Gasteiger partial charge on any atom is -0.494 e. The number of hydrogen-bond acceptors (Lipinski definition) is 8. The minimum atomic E-state index is -0.778. The lowest BCUT2D eigenvalue weighted by atomic mass is 9.93. The summed E-state index contributed by atoms with van der Waals surface area (Å²) >= 11 is 1.23. The summed E-state index contributed by atoms with van der Waals surface area (Å²) in [5, 5.41) is 0. The number of carbonyl (C=O) groups is 2. The predicted molar refractivity (Wildman–Crippen MR) is 156 cm³/mol. The first-order valence-electron chi connectivity index (χ1n) is 13.1. The van der Waals surface area contributed by atoms with Crippen LogP contribution in [0.1, 0.15) is 46.9 Å². The van der Waals surface area contributed by atoms with E-state index >= 15 is 0 Å². The van der Waals surface area contributed by atoms with Crippen molar-refractivity contribution in [1.82, 2.24) is 4.57 Å². The van der Waals surface area contributed by atoms with Gasteiger partial charge in [0.15, 0.2) is 4.80 Å². The SMILES string of the molecule is CCOC(=O)C1=C(c2ccccc2)N=c2s/c(=C\c3ccc(C(=O)OC)cc3)c(=O)n2[C@H]1c1ccc(OCC)cc1. The van der Waals surface area contributed by atoms with Crippen LogP contribution < -0.4 is 19.6 Å². The number of thiazole rings is 1. The summed E-state index contributed by atoms with van der Waals surface area (Å²) in [7, 11) is 1.33. The number of ether oxygens (including phenoxy) is 3. The van der Waals surface area contributed by atoms with Gasteiger partial charge in [-0.05, 0) is 55.3 Å². The van der Waals surface area contributed by atoms with E-state index < -0.39 is 18.0 Å². The number of nitrogens with zero attached hydrogens (tertiary/aromatic N) is 2. The molecule has 3 aromatic carbocycles. The highest BCUT2D eigenvalue weighted by molar-refractivity contribution is 7.07. The summed E-state index contributed by atoms with van der Waals surface area (Å²) < 4.78 is 17.9. The summed E-state index contributed by atoms with van der Waals surface area (Å²) in [5.41, 5.74) is 3.04. The standard InChI is InChI=1S/C32H28N2O6S/c1-4-39-24-17-15-22(16-18-24)28-26(31(37)40-5-2)27(21-9-7-6-8-10-21)33-32-34(28)29(35)25(41-32)19-20-11-13-23(14-12-20)30(36)38-3/h6-19,28H,4-5H2,1-3H3/b25-19-/t28-/m0/s1. The lowest BCUT2D eigenvalue weighted by Gasteiger charge is -2.26. The van der Waals surface area contributed by atoms with E-state index in [9.17, 15) is 14.4 Å². The lowest BCUT2D eigenvalue weighted by molar-refractivity contribution is -0.138. The van der Waals surface area contributed by atoms with Gasteiger partial charge >= 0.3 is 11.9 Å². The average molecular weight is 569 g/mol. The molecule has 4 aromatic rings. The molecule has 8 nitrogen and oxygen atoms in total. The normalized spacial score (nSPS) is 14.7. The lowest BCUT2D eigenvalue weighted by Crippen LogP contribution is -2.40. The molecule has 41 heavy (non-hydrogen) atoms. The molecule has 0 fully saturated rings. The number of rotatable bonds is 8. The van der Waals surface area contributed by atoms with Crippen molar-refractivity contribution < 1.29 is 23.8 Å². The molecule has 0 amide bonds. The smallest absolute Gasteiger partial charge is 0.338 e. The fourth-order valence-electron chi connectivity index (χ4n) is 4.65.